The van der Waals surface area contributed by atoms with Crippen molar-refractivity contribution in [3.05, 3.63) is 60.1 Å². The fourth-order valence-electron chi connectivity index (χ4n) is 3.72. The zero-order valence-corrected chi connectivity index (χ0v) is 20.5. The predicted octanol–water partition coefficient (Wildman–Crippen LogP) is 3.41. The van der Waals surface area contributed by atoms with Crippen LogP contribution >= 0.6 is 24.0 Å². The summed E-state index contributed by atoms with van der Waals surface area (Å²) in [5.74, 6) is 1.71. The predicted molar refractivity (Wildman–Crippen MR) is 135 cm³/mol. The second-order valence-electron chi connectivity index (χ2n) is 7.48. The summed E-state index contributed by atoms with van der Waals surface area (Å²) in [4.78, 5) is 18.9. The van der Waals surface area contributed by atoms with Crippen LogP contribution in [0.3, 0.4) is 0 Å². The maximum atomic E-state index is 12.1. The van der Waals surface area contributed by atoms with Gasteiger partial charge in [0.05, 0.1) is 12.3 Å². The minimum atomic E-state index is -0.0408. The van der Waals surface area contributed by atoms with Crippen molar-refractivity contribution in [2.75, 3.05) is 39.8 Å². The van der Waals surface area contributed by atoms with Crippen LogP contribution < -0.4 is 16.0 Å². The molecule has 0 aliphatic carbocycles. The molecule has 2 heterocycles. The quantitative estimate of drug-likeness (QED) is 0.197. The Kier molecular flexibility index (Phi) is 11.4. The molecule has 0 radical (unpaired) electrons. The van der Waals surface area contributed by atoms with E-state index in [1.165, 1.54) is 19.3 Å². The van der Waals surface area contributed by atoms with Gasteiger partial charge in [0.1, 0.15) is 5.76 Å². The van der Waals surface area contributed by atoms with E-state index in [1.54, 1.807) is 13.3 Å². The van der Waals surface area contributed by atoms with Gasteiger partial charge >= 0.3 is 0 Å². The average molecular weight is 539 g/mol. The Balaban J connectivity index is 0.00000341. The highest BCUT2D eigenvalue weighted by Gasteiger charge is 2.24. The fraction of sp³-hybridized carbons (Fsp3) is 0.478. The molecule has 3 rings (SSSR count). The molecule has 3 N–H and O–H groups in total. The van der Waals surface area contributed by atoms with Crippen molar-refractivity contribution in [2.24, 2.45) is 4.99 Å². The lowest BCUT2D eigenvalue weighted by Gasteiger charge is -2.33. The Morgan fingerprint density at radius 2 is 1.77 bits per heavy atom. The van der Waals surface area contributed by atoms with Crippen LogP contribution in [-0.2, 0) is 0 Å². The van der Waals surface area contributed by atoms with Crippen molar-refractivity contribution < 1.29 is 9.21 Å². The van der Waals surface area contributed by atoms with Gasteiger partial charge in [0, 0.05) is 32.2 Å². The van der Waals surface area contributed by atoms with Crippen LogP contribution in [-0.4, -0.2) is 56.5 Å². The van der Waals surface area contributed by atoms with Gasteiger partial charge in [-0.05, 0) is 56.6 Å². The highest BCUT2D eigenvalue weighted by atomic mass is 127. The number of nitrogens with one attached hydrogen (secondary N) is 3. The summed E-state index contributed by atoms with van der Waals surface area (Å²) in [7, 11) is 1.77. The van der Waals surface area contributed by atoms with E-state index < -0.39 is 0 Å². The number of aliphatic imine (C=N–C) groups is 1. The van der Waals surface area contributed by atoms with Crippen LogP contribution in [0.15, 0.2) is 58.1 Å². The molecule has 170 valence electrons. The number of nitrogens with zero attached hydrogens (tertiary/aromatic N) is 2. The van der Waals surface area contributed by atoms with Crippen LogP contribution in [0.4, 0.5) is 0 Å². The van der Waals surface area contributed by atoms with Crippen LogP contribution in [0, 0.1) is 0 Å². The molecule has 1 atom stereocenters. The first kappa shape index (κ1) is 25.2. The third-order valence-corrected chi connectivity index (χ3v) is 5.36. The zero-order valence-electron chi connectivity index (χ0n) is 18.2. The van der Waals surface area contributed by atoms with Gasteiger partial charge in [0.2, 0.25) is 0 Å². The second-order valence-corrected chi connectivity index (χ2v) is 7.48. The van der Waals surface area contributed by atoms with Gasteiger partial charge in [-0.2, -0.15) is 0 Å². The van der Waals surface area contributed by atoms with E-state index in [0.29, 0.717) is 12.1 Å². The number of halogens is 1. The van der Waals surface area contributed by atoms with Crippen molar-refractivity contribution in [2.45, 2.75) is 31.7 Å². The molecule has 1 saturated heterocycles. The number of benzene rings is 1. The maximum absolute atomic E-state index is 12.1. The number of carbonyl (C=O) groups is 1. The third-order valence-electron chi connectivity index (χ3n) is 5.36. The molecular formula is C23H34IN5O2. The van der Waals surface area contributed by atoms with Crippen LogP contribution in [0.25, 0.3) is 0 Å². The molecule has 1 aliphatic heterocycles. The lowest BCUT2D eigenvalue weighted by molar-refractivity contribution is 0.0953. The van der Waals surface area contributed by atoms with E-state index in [2.05, 4.69) is 25.8 Å². The molecule has 1 aromatic heterocycles. The number of furan rings is 1. The van der Waals surface area contributed by atoms with Crippen LogP contribution in [0.2, 0.25) is 0 Å². The SMILES string of the molecule is CN=C(NCCCNC(=O)c1ccccc1)NCC(c1ccco1)N1CCCCC1.I. The number of carbonyl (C=O) groups excluding carboxylic acids is 1. The summed E-state index contributed by atoms with van der Waals surface area (Å²) in [6, 6.07) is 13.5. The minimum Gasteiger partial charge on any atom is -0.468 e. The monoisotopic (exact) mass is 539 g/mol. The average Bonchev–Trinajstić information content (AvgIpc) is 3.33. The van der Waals surface area contributed by atoms with Gasteiger partial charge in [-0.3, -0.25) is 14.7 Å². The second kappa shape index (κ2) is 14.1. The number of amides is 1. The van der Waals surface area contributed by atoms with Crippen molar-refractivity contribution in [3.8, 4) is 0 Å². The molecule has 31 heavy (non-hydrogen) atoms. The summed E-state index contributed by atoms with van der Waals surface area (Å²) < 4.78 is 5.70. The number of likely N-dealkylation sites (tertiary alicyclic amines) is 1. The van der Waals surface area contributed by atoms with Gasteiger partial charge in [0.15, 0.2) is 5.96 Å². The van der Waals surface area contributed by atoms with E-state index in [-0.39, 0.29) is 35.9 Å². The number of rotatable bonds is 9. The zero-order chi connectivity index (χ0) is 21.0. The van der Waals surface area contributed by atoms with Gasteiger partial charge in [0.25, 0.3) is 5.91 Å². The maximum Gasteiger partial charge on any atom is 0.251 e. The Morgan fingerprint density at radius 1 is 1.03 bits per heavy atom. The number of hydrogen-bond donors (Lipinski definition) is 3. The van der Waals surface area contributed by atoms with Crippen molar-refractivity contribution in [1.82, 2.24) is 20.9 Å². The number of piperidine rings is 1. The first-order valence-electron chi connectivity index (χ1n) is 10.8. The smallest absolute Gasteiger partial charge is 0.251 e. The standard InChI is InChI=1S/C23H33N5O2.HI/c1-24-23(26-14-9-13-25-22(29)19-10-4-2-5-11-19)27-18-20(21-12-8-17-30-21)28-15-6-3-7-16-28;/h2,4-5,8,10-12,17,20H,3,6-7,9,13-16,18H2,1H3,(H,25,29)(H2,24,26,27);1H. The summed E-state index contributed by atoms with van der Waals surface area (Å²) in [5, 5.41) is 9.70. The molecule has 1 aromatic carbocycles. The van der Waals surface area contributed by atoms with Crippen molar-refractivity contribution >= 4 is 35.8 Å². The Hall–Kier alpha value is -2.07. The summed E-state index contributed by atoms with van der Waals surface area (Å²) >= 11 is 0. The molecule has 0 bridgehead atoms. The van der Waals surface area contributed by atoms with E-state index in [1.807, 2.05) is 42.5 Å². The molecule has 8 heteroatoms. The fourth-order valence-corrected chi connectivity index (χ4v) is 3.72. The molecule has 1 unspecified atom stereocenters. The lowest BCUT2D eigenvalue weighted by atomic mass is 10.1. The Bertz CT molecular complexity index is 777. The van der Waals surface area contributed by atoms with E-state index in [9.17, 15) is 4.79 Å². The number of guanidine groups is 1. The topological polar surface area (TPSA) is 81.9 Å². The van der Waals surface area contributed by atoms with Gasteiger partial charge in [-0.25, -0.2) is 0 Å². The minimum absolute atomic E-state index is 0. The highest BCUT2D eigenvalue weighted by Crippen LogP contribution is 2.24. The lowest BCUT2D eigenvalue weighted by Crippen LogP contribution is -2.44. The molecule has 1 amide bonds. The molecule has 2 aromatic rings. The van der Waals surface area contributed by atoms with Gasteiger partial charge in [-0.15, -0.1) is 24.0 Å². The molecule has 1 fully saturated rings. The summed E-state index contributed by atoms with van der Waals surface area (Å²) in [6.07, 6.45) is 6.33. The van der Waals surface area contributed by atoms with E-state index in [4.69, 9.17) is 4.42 Å². The first-order valence-corrected chi connectivity index (χ1v) is 10.8. The molecular weight excluding hydrogens is 505 g/mol. The van der Waals surface area contributed by atoms with E-state index in [0.717, 1.165) is 44.3 Å². The van der Waals surface area contributed by atoms with Crippen LogP contribution in [0.5, 0.6) is 0 Å². The number of hydrogen-bond acceptors (Lipinski definition) is 4. The molecule has 7 nitrogen and oxygen atoms in total. The first-order chi connectivity index (χ1) is 14.8. The van der Waals surface area contributed by atoms with Crippen molar-refractivity contribution in [3.63, 3.8) is 0 Å². The van der Waals surface area contributed by atoms with Crippen molar-refractivity contribution in [1.29, 1.82) is 0 Å². The summed E-state index contributed by atoms with van der Waals surface area (Å²) in [5.41, 5.74) is 0.685. The van der Waals surface area contributed by atoms with Gasteiger partial charge < -0.3 is 20.4 Å². The normalized spacial score (nSPS) is 15.6. The summed E-state index contributed by atoms with van der Waals surface area (Å²) in [6.45, 7) is 4.27. The van der Waals surface area contributed by atoms with E-state index >= 15 is 0 Å². The molecule has 0 spiro atoms. The van der Waals surface area contributed by atoms with Gasteiger partial charge in [-0.1, -0.05) is 24.6 Å². The third kappa shape index (κ3) is 8.17. The molecule has 0 saturated carbocycles. The molecule has 1 aliphatic rings. The highest BCUT2D eigenvalue weighted by molar-refractivity contribution is 14.0. The Morgan fingerprint density at radius 3 is 2.45 bits per heavy atom. The largest absolute Gasteiger partial charge is 0.468 e. The Labute approximate surface area is 202 Å². The van der Waals surface area contributed by atoms with Crippen LogP contribution in [0.1, 0.15) is 47.8 Å².